The maximum absolute atomic E-state index is 13.3. The van der Waals surface area contributed by atoms with Gasteiger partial charge < -0.3 is 15.3 Å². The van der Waals surface area contributed by atoms with E-state index in [4.69, 9.17) is 0 Å². The fourth-order valence-corrected chi connectivity index (χ4v) is 5.07. The first-order chi connectivity index (χ1) is 17.9. The molecule has 0 bridgehead atoms. The predicted molar refractivity (Wildman–Crippen MR) is 146 cm³/mol. The Balaban J connectivity index is 1.39. The molecule has 1 saturated heterocycles. The Morgan fingerprint density at radius 2 is 1.73 bits per heavy atom. The fraction of sp³-hybridized carbons (Fsp3) is 0.414. The third kappa shape index (κ3) is 6.52. The van der Waals surface area contributed by atoms with Gasteiger partial charge in [-0.1, -0.05) is 68.3 Å². The number of nitro benzene ring substituents is 1. The second-order valence-electron chi connectivity index (χ2n) is 9.91. The average Bonchev–Trinajstić information content (AvgIpc) is 2.94. The third-order valence-corrected chi connectivity index (χ3v) is 7.33. The van der Waals surface area contributed by atoms with Crippen LogP contribution in [0.4, 0.5) is 5.69 Å². The number of aliphatic hydroxyl groups excluding tert-OH is 1. The van der Waals surface area contributed by atoms with Crippen LogP contribution in [0.15, 0.2) is 66.7 Å². The number of carbonyl (C=O) groups is 1. The van der Waals surface area contributed by atoms with Crippen LogP contribution in [0.2, 0.25) is 0 Å². The monoisotopic (exact) mass is 504 g/mol. The topological polar surface area (TPSA) is 99.0 Å². The van der Waals surface area contributed by atoms with Crippen molar-refractivity contribution < 1.29 is 14.8 Å². The summed E-state index contributed by atoms with van der Waals surface area (Å²) < 4.78 is 0. The summed E-state index contributed by atoms with van der Waals surface area (Å²) in [4.78, 5) is 28.1. The summed E-state index contributed by atoms with van der Waals surface area (Å²) in [6, 6.07) is 20.4. The van der Waals surface area contributed by atoms with Crippen molar-refractivity contribution in [3.63, 3.8) is 0 Å². The van der Waals surface area contributed by atoms with Crippen molar-refractivity contribution >= 4 is 22.4 Å². The maximum Gasteiger partial charge on any atom is 0.269 e. The van der Waals surface area contributed by atoms with E-state index in [2.05, 4.69) is 17.1 Å². The second-order valence-corrected chi connectivity index (χ2v) is 9.91. The van der Waals surface area contributed by atoms with Gasteiger partial charge in [-0.2, -0.15) is 0 Å². The van der Waals surface area contributed by atoms with Crippen LogP contribution in [0.25, 0.3) is 10.8 Å². The number of aliphatic hydroxyl groups is 1. The zero-order valence-electron chi connectivity index (χ0n) is 21.4. The summed E-state index contributed by atoms with van der Waals surface area (Å²) >= 11 is 0. The lowest BCUT2D eigenvalue weighted by atomic mass is 9.91. The molecular weight excluding hydrogens is 468 g/mol. The van der Waals surface area contributed by atoms with Crippen LogP contribution in [0.3, 0.4) is 0 Å². The molecular formula is C29H36N4O4. The van der Waals surface area contributed by atoms with E-state index in [1.54, 1.807) is 12.1 Å². The Bertz CT molecular complexity index is 1200. The Morgan fingerprint density at radius 3 is 2.41 bits per heavy atom. The van der Waals surface area contributed by atoms with E-state index in [1.165, 1.54) is 12.1 Å². The van der Waals surface area contributed by atoms with E-state index in [0.29, 0.717) is 26.2 Å². The van der Waals surface area contributed by atoms with E-state index in [9.17, 15) is 20.0 Å². The minimum absolute atomic E-state index is 0.00483. The zero-order chi connectivity index (χ0) is 26.3. The van der Waals surface area contributed by atoms with Gasteiger partial charge in [-0.3, -0.25) is 19.8 Å². The first-order valence-electron chi connectivity index (χ1n) is 13.0. The van der Waals surface area contributed by atoms with E-state index >= 15 is 0 Å². The molecule has 0 spiro atoms. The van der Waals surface area contributed by atoms with Crippen LogP contribution in [-0.4, -0.2) is 70.6 Å². The van der Waals surface area contributed by atoms with Gasteiger partial charge in [0.1, 0.15) is 0 Å². The van der Waals surface area contributed by atoms with E-state index < -0.39 is 10.5 Å². The fourth-order valence-electron chi connectivity index (χ4n) is 5.07. The molecule has 1 fully saturated rings. The number of carbonyl (C=O) groups excluding carboxylic acids is 1. The smallest absolute Gasteiger partial charge is 0.269 e. The number of amides is 1. The molecule has 3 aromatic rings. The van der Waals surface area contributed by atoms with Crippen LogP contribution in [0.5, 0.6) is 0 Å². The van der Waals surface area contributed by atoms with E-state index in [-0.39, 0.29) is 18.2 Å². The van der Waals surface area contributed by atoms with Gasteiger partial charge in [-0.15, -0.1) is 0 Å². The number of rotatable bonds is 11. The van der Waals surface area contributed by atoms with Gasteiger partial charge in [-0.25, -0.2) is 0 Å². The molecule has 1 aliphatic rings. The van der Waals surface area contributed by atoms with Crippen molar-refractivity contribution in [3.8, 4) is 0 Å². The molecule has 0 radical (unpaired) electrons. The Labute approximate surface area is 218 Å². The number of non-ortho nitro benzene ring substituents is 1. The molecule has 0 saturated carbocycles. The third-order valence-electron chi connectivity index (χ3n) is 7.33. The average molecular weight is 505 g/mol. The molecule has 1 atom stereocenters. The van der Waals surface area contributed by atoms with Gasteiger partial charge in [-0.05, 0) is 28.8 Å². The minimum atomic E-state index is -0.487. The summed E-state index contributed by atoms with van der Waals surface area (Å²) in [5, 5.41) is 27.0. The van der Waals surface area contributed by atoms with Crippen LogP contribution in [0.1, 0.15) is 42.1 Å². The number of benzene rings is 3. The summed E-state index contributed by atoms with van der Waals surface area (Å²) in [5.41, 5.74) is 1.26. The molecule has 8 heteroatoms. The Kier molecular flexibility index (Phi) is 8.87. The van der Waals surface area contributed by atoms with Gasteiger partial charge in [0.05, 0.1) is 17.1 Å². The highest BCUT2D eigenvalue weighted by molar-refractivity contribution is 6.07. The molecule has 0 unspecified atom stereocenters. The summed E-state index contributed by atoms with van der Waals surface area (Å²) in [7, 11) is 0. The molecule has 196 valence electrons. The number of piperazine rings is 1. The molecule has 0 aliphatic carbocycles. The van der Waals surface area contributed by atoms with E-state index in [0.717, 1.165) is 54.3 Å². The van der Waals surface area contributed by atoms with Gasteiger partial charge in [0.2, 0.25) is 0 Å². The van der Waals surface area contributed by atoms with Crippen LogP contribution >= 0.6 is 0 Å². The highest BCUT2D eigenvalue weighted by Gasteiger charge is 2.33. The minimum Gasteiger partial charge on any atom is -0.394 e. The zero-order valence-corrected chi connectivity index (χ0v) is 21.4. The first kappa shape index (κ1) is 26.7. The number of hydrogen-bond acceptors (Lipinski definition) is 6. The maximum atomic E-state index is 13.3. The van der Waals surface area contributed by atoms with Crippen molar-refractivity contribution in [2.24, 2.45) is 0 Å². The van der Waals surface area contributed by atoms with Gasteiger partial charge in [0, 0.05) is 57.0 Å². The molecule has 1 amide bonds. The quantitative estimate of drug-likeness (QED) is 0.300. The molecule has 0 aromatic heterocycles. The lowest BCUT2D eigenvalue weighted by molar-refractivity contribution is -0.384. The van der Waals surface area contributed by atoms with Crippen molar-refractivity contribution in [3.05, 3.63) is 88.0 Å². The number of fused-ring (bicyclic) bond motifs is 1. The first-order valence-corrected chi connectivity index (χ1v) is 13.0. The molecule has 37 heavy (non-hydrogen) atoms. The summed E-state index contributed by atoms with van der Waals surface area (Å²) in [6.45, 7) is 6.08. The molecule has 8 nitrogen and oxygen atoms in total. The normalized spacial score (nSPS) is 16.0. The largest absolute Gasteiger partial charge is 0.394 e. The van der Waals surface area contributed by atoms with Crippen molar-refractivity contribution in [2.75, 3.05) is 39.3 Å². The predicted octanol–water partition coefficient (Wildman–Crippen LogP) is 4.22. The van der Waals surface area contributed by atoms with Gasteiger partial charge >= 0.3 is 0 Å². The van der Waals surface area contributed by atoms with Crippen molar-refractivity contribution in [1.29, 1.82) is 0 Å². The van der Waals surface area contributed by atoms with Crippen molar-refractivity contribution in [2.45, 2.75) is 38.3 Å². The van der Waals surface area contributed by atoms with Crippen LogP contribution < -0.4 is 5.32 Å². The number of nitro groups is 1. The highest BCUT2D eigenvalue weighted by Crippen LogP contribution is 2.23. The number of hydrogen-bond donors (Lipinski definition) is 2. The standard InChI is InChI=1S/C29H36N4O4/c1-2-3-15-29(22-34,30-20-23-11-13-25(14-12-23)33(36)37)21-31-16-18-32(19-17-31)28(35)27-10-6-8-24-7-4-5-9-26(24)27/h4-14,30,34H,2-3,15-22H2,1H3/t29-/m0/s1. The number of nitrogens with zero attached hydrogens (tertiary/aromatic N) is 3. The Hall–Kier alpha value is -3.33. The van der Waals surface area contributed by atoms with Crippen LogP contribution in [-0.2, 0) is 6.54 Å². The lowest BCUT2D eigenvalue weighted by Gasteiger charge is -2.42. The summed E-state index contributed by atoms with van der Waals surface area (Å²) in [5.74, 6) is 0.0622. The van der Waals surface area contributed by atoms with E-state index in [1.807, 2.05) is 47.4 Å². The highest BCUT2D eigenvalue weighted by atomic mass is 16.6. The van der Waals surface area contributed by atoms with Gasteiger partial charge in [0.25, 0.3) is 11.6 Å². The Morgan fingerprint density at radius 1 is 1.03 bits per heavy atom. The molecule has 1 heterocycles. The van der Waals surface area contributed by atoms with Crippen LogP contribution in [0, 0.1) is 10.1 Å². The molecule has 3 aromatic carbocycles. The SMILES string of the molecule is CCCC[C@@](CO)(CN1CCN(C(=O)c2cccc3ccccc23)CC1)NCc1ccc([N+](=O)[O-])cc1. The second kappa shape index (κ2) is 12.3. The molecule has 4 rings (SSSR count). The number of nitrogens with one attached hydrogen (secondary N) is 1. The van der Waals surface area contributed by atoms with Crippen molar-refractivity contribution in [1.82, 2.24) is 15.1 Å². The number of unbranched alkanes of at least 4 members (excludes halogenated alkanes) is 1. The molecule has 1 aliphatic heterocycles. The summed E-state index contributed by atoms with van der Waals surface area (Å²) in [6.07, 6.45) is 2.82. The lowest BCUT2D eigenvalue weighted by Crippen LogP contribution is -2.59. The van der Waals surface area contributed by atoms with Gasteiger partial charge in [0.15, 0.2) is 0 Å². The molecule has 2 N–H and O–H groups in total.